The zero-order valence-electron chi connectivity index (χ0n) is 6.91. The molecule has 1 N–H and O–H groups in total. The van der Waals surface area contributed by atoms with Gasteiger partial charge in [-0.25, -0.2) is 4.79 Å². The van der Waals surface area contributed by atoms with Crippen molar-refractivity contribution in [3.8, 4) is 0 Å². The zero-order valence-corrected chi connectivity index (χ0v) is 7.67. The lowest BCUT2D eigenvalue weighted by atomic mass is 10.6. The number of rotatable bonds is 4. The van der Waals surface area contributed by atoms with E-state index in [1.165, 1.54) is 13.8 Å². The minimum atomic E-state index is -0.989. The van der Waals surface area contributed by atoms with Crippen molar-refractivity contribution in [2.24, 2.45) is 0 Å². The number of halogens is 1. The normalized spacial score (nSPS) is 15.0. The number of esters is 1. The van der Waals surface area contributed by atoms with Gasteiger partial charge in [-0.15, -0.1) is 0 Å². The fourth-order valence-electron chi connectivity index (χ4n) is 0.520. The third-order valence-electron chi connectivity index (χ3n) is 0.883. The van der Waals surface area contributed by atoms with Gasteiger partial charge in [-0.3, -0.25) is 0 Å². The molecule has 0 heterocycles. The van der Waals surface area contributed by atoms with Crippen molar-refractivity contribution in [3.63, 3.8) is 0 Å². The highest BCUT2D eigenvalue weighted by molar-refractivity contribution is 6.40. The van der Waals surface area contributed by atoms with E-state index < -0.39 is 18.5 Å². The molecule has 0 aliphatic heterocycles. The molecule has 0 amide bonds. The van der Waals surface area contributed by atoms with Crippen LogP contribution in [0.25, 0.3) is 0 Å². The summed E-state index contributed by atoms with van der Waals surface area (Å²) in [6, 6.07) is 0. The summed E-state index contributed by atoms with van der Waals surface area (Å²) in [4.78, 5) is 10.7. The van der Waals surface area contributed by atoms with Gasteiger partial charge < -0.3 is 14.6 Å². The number of ether oxygens (including phenoxy) is 2. The van der Waals surface area contributed by atoms with E-state index in [2.05, 4.69) is 16.1 Å². The first kappa shape index (κ1) is 11.4. The van der Waals surface area contributed by atoms with Gasteiger partial charge in [-0.05, 0) is 13.8 Å². The van der Waals surface area contributed by atoms with Gasteiger partial charge in [0.2, 0.25) is 6.29 Å². The predicted octanol–water partition coefficient (Wildman–Crippen LogP) is 0.983. The quantitative estimate of drug-likeness (QED) is 0.412. The minimum absolute atomic E-state index is 0.226. The fourth-order valence-corrected chi connectivity index (χ4v) is 0.564. The zero-order chi connectivity index (χ0) is 9.72. The van der Waals surface area contributed by atoms with Gasteiger partial charge >= 0.3 is 5.97 Å². The molecule has 2 atom stereocenters. The monoisotopic (exact) mass is 194 g/mol. The van der Waals surface area contributed by atoms with Gasteiger partial charge in [0.1, 0.15) is 5.03 Å². The second kappa shape index (κ2) is 5.13. The van der Waals surface area contributed by atoms with Crippen molar-refractivity contribution < 1.29 is 19.4 Å². The van der Waals surface area contributed by atoms with Crippen LogP contribution in [0, 0.1) is 0 Å². The van der Waals surface area contributed by atoms with E-state index in [0.29, 0.717) is 0 Å². The Morgan fingerprint density at radius 3 is 2.42 bits per heavy atom. The van der Waals surface area contributed by atoms with Crippen LogP contribution in [-0.2, 0) is 14.3 Å². The van der Waals surface area contributed by atoms with Crippen molar-refractivity contribution in [1.82, 2.24) is 0 Å². The van der Waals surface area contributed by atoms with Crippen LogP contribution in [0.2, 0.25) is 0 Å². The first-order valence-corrected chi connectivity index (χ1v) is 3.70. The van der Waals surface area contributed by atoms with Gasteiger partial charge in [-0.2, -0.15) is 0 Å². The summed E-state index contributed by atoms with van der Waals surface area (Å²) in [7, 11) is 0. The number of hydrogen-bond acceptors (Lipinski definition) is 4. The molecule has 70 valence electrons. The van der Waals surface area contributed by atoms with Crippen molar-refractivity contribution >= 4 is 17.6 Å². The summed E-state index contributed by atoms with van der Waals surface area (Å²) < 4.78 is 9.25. The summed E-state index contributed by atoms with van der Waals surface area (Å²) in [5.74, 6) is -0.759. The highest BCUT2D eigenvalue weighted by atomic mass is 35.5. The molecule has 5 heteroatoms. The van der Waals surface area contributed by atoms with E-state index in [9.17, 15) is 4.79 Å². The average molecular weight is 195 g/mol. The minimum Gasteiger partial charge on any atom is -0.432 e. The van der Waals surface area contributed by atoms with Crippen LogP contribution < -0.4 is 0 Å². The van der Waals surface area contributed by atoms with Crippen LogP contribution in [0.5, 0.6) is 0 Å². The lowest BCUT2D eigenvalue weighted by molar-refractivity contribution is -0.211. The number of aliphatic hydroxyl groups is 1. The largest absolute Gasteiger partial charge is 0.432 e. The predicted molar refractivity (Wildman–Crippen MR) is 43.3 cm³/mol. The van der Waals surface area contributed by atoms with Crippen LogP contribution >= 0.6 is 11.6 Å². The molecule has 0 aromatic carbocycles. The van der Waals surface area contributed by atoms with Gasteiger partial charge in [0.25, 0.3) is 0 Å². The number of aliphatic hydroxyl groups excluding tert-OH is 1. The maximum absolute atomic E-state index is 10.7. The van der Waals surface area contributed by atoms with Crippen molar-refractivity contribution in [3.05, 3.63) is 11.6 Å². The Balaban J connectivity index is 3.76. The summed E-state index contributed by atoms with van der Waals surface area (Å²) in [5.41, 5.74) is 0. The molecular formula is C7H11ClO4. The van der Waals surface area contributed by atoms with Gasteiger partial charge in [0.15, 0.2) is 6.29 Å². The second-order valence-electron chi connectivity index (χ2n) is 2.11. The van der Waals surface area contributed by atoms with Gasteiger partial charge in [0.05, 0.1) is 0 Å². The molecule has 0 radical (unpaired) electrons. The van der Waals surface area contributed by atoms with Crippen LogP contribution in [0.1, 0.15) is 13.8 Å². The average Bonchev–Trinajstić information content (AvgIpc) is 1.84. The molecule has 0 saturated carbocycles. The Bertz CT molecular complexity index is 178. The Hall–Kier alpha value is -0.580. The SMILES string of the molecule is C=C(Cl)C(=O)OC(C)OC(C)O. The Morgan fingerprint density at radius 2 is 2.08 bits per heavy atom. The maximum Gasteiger partial charge on any atom is 0.351 e. The molecule has 4 nitrogen and oxygen atoms in total. The van der Waals surface area contributed by atoms with E-state index in [0.717, 1.165) is 0 Å². The highest BCUT2D eigenvalue weighted by Crippen LogP contribution is 2.04. The molecule has 0 aromatic rings. The van der Waals surface area contributed by atoms with E-state index in [4.69, 9.17) is 16.7 Å². The summed E-state index contributed by atoms with van der Waals surface area (Å²) in [6.07, 6.45) is -1.83. The molecule has 0 saturated heterocycles. The van der Waals surface area contributed by atoms with Crippen molar-refractivity contribution in [2.75, 3.05) is 0 Å². The fraction of sp³-hybridized carbons (Fsp3) is 0.571. The third kappa shape index (κ3) is 5.12. The van der Waals surface area contributed by atoms with E-state index in [-0.39, 0.29) is 5.03 Å². The second-order valence-corrected chi connectivity index (χ2v) is 2.57. The van der Waals surface area contributed by atoms with Crippen LogP contribution in [0.4, 0.5) is 0 Å². The van der Waals surface area contributed by atoms with Crippen LogP contribution in [0.3, 0.4) is 0 Å². The van der Waals surface area contributed by atoms with Crippen LogP contribution in [0.15, 0.2) is 11.6 Å². The Kier molecular flexibility index (Phi) is 4.89. The van der Waals surface area contributed by atoms with Crippen molar-refractivity contribution in [1.29, 1.82) is 0 Å². The van der Waals surface area contributed by atoms with E-state index >= 15 is 0 Å². The molecule has 2 unspecified atom stereocenters. The molecule has 0 aliphatic carbocycles. The molecule has 12 heavy (non-hydrogen) atoms. The van der Waals surface area contributed by atoms with Crippen LogP contribution in [-0.4, -0.2) is 23.7 Å². The van der Waals surface area contributed by atoms with Gasteiger partial charge in [-0.1, -0.05) is 18.2 Å². The standard InChI is InChI=1S/C7H11ClO4/c1-4(8)7(10)12-6(3)11-5(2)9/h5-6,9H,1H2,2-3H3. The Labute approximate surface area is 75.7 Å². The summed E-state index contributed by atoms with van der Waals surface area (Å²) in [6.45, 7) is 6.03. The van der Waals surface area contributed by atoms with Crippen molar-refractivity contribution in [2.45, 2.75) is 26.4 Å². The first-order valence-electron chi connectivity index (χ1n) is 3.32. The molecule has 0 rings (SSSR count). The number of carbonyl (C=O) groups excluding carboxylic acids is 1. The molecule has 0 fully saturated rings. The molecule has 0 aliphatic rings. The Morgan fingerprint density at radius 1 is 1.58 bits per heavy atom. The van der Waals surface area contributed by atoms with Gasteiger partial charge in [0, 0.05) is 0 Å². The maximum atomic E-state index is 10.7. The first-order chi connectivity index (χ1) is 5.43. The molecule has 0 bridgehead atoms. The lowest BCUT2D eigenvalue weighted by Gasteiger charge is -2.14. The number of hydrogen-bond donors (Lipinski definition) is 1. The smallest absolute Gasteiger partial charge is 0.351 e. The third-order valence-corrected chi connectivity index (χ3v) is 1.04. The molecule has 0 spiro atoms. The lowest BCUT2D eigenvalue weighted by Crippen LogP contribution is -2.22. The van der Waals surface area contributed by atoms with E-state index in [1.54, 1.807) is 0 Å². The highest BCUT2D eigenvalue weighted by Gasteiger charge is 2.12. The molecular weight excluding hydrogens is 184 g/mol. The molecule has 0 aromatic heterocycles. The summed E-state index contributed by atoms with van der Waals surface area (Å²) >= 11 is 5.22. The summed E-state index contributed by atoms with van der Waals surface area (Å²) in [5, 5.41) is 8.48. The number of carbonyl (C=O) groups is 1. The topological polar surface area (TPSA) is 55.8 Å². The van der Waals surface area contributed by atoms with E-state index in [1.807, 2.05) is 0 Å².